The molecule has 104 valence electrons. The Kier molecular flexibility index (Phi) is 3.59. The lowest BCUT2D eigenvalue weighted by molar-refractivity contribution is -0.153. The molecule has 1 unspecified atom stereocenters. The largest absolute Gasteiger partial charge is 0.464 e. The normalized spacial score (nSPS) is 22.6. The molecule has 0 radical (unpaired) electrons. The van der Waals surface area contributed by atoms with Crippen LogP contribution in [-0.4, -0.2) is 40.6 Å². The van der Waals surface area contributed by atoms with Gasteiger partial charge in [-0.15, -0.1) is 0 Å². The Morgan fingerprint density at radius 1 is 1.58 bits per heavy atom. The molecule has 1 amide bonds. The van der Waals surface area contributed by atoms with Crippen LogP contribution in [0.3, 0.4) is 0 Å². The molecule has 0 aromatic carbocycles. The van der Waals surface area contributed by atoms with E-state index in [9.17, 15) is 9.59 Å². The SMILES string of the molecule is CCOC(=O)C1(C)CCCN1C(=O)c1cc(C)on1. The fourth-order valence-electron chi connectivity index (χ4n) is 2.39. The van der Waals surface area contributed by atoms with Crippen molar-refractivity contribution >= 4 is 11.9 Å². The topological polar surface area (TPSA) is 72.6 Å². The van der Waals surface area contributed by atoms with Crippen LogP contribution in [0.2, 0.25) is 0 Å². The molecule has 0 saturated carbocycles. The van der Waals surface area contributed by atoms with Crippen molar-refractivity contribution in [2.24, 2.45) is 0 Å². The zero-order chi connectivity index (χ0) is 14.0. The zero-order valence-corrected chi connectivity index (χ0v) is 11.4. The molecule has 1 fully saturated rings. The van der Waals surface area contributed by atoms with Crippen molar-refractivity contribution in [3.05, 3.63) is 17.5 Å². The van der Waals surface area contributed by atoms with Gasteiger partial charge in [-0.3, -0.25) is 4.79 Å². The molecule has 1 aliphatic heterocycles. The van der Waals surface area contributed by atoms with E-state index in [-0.39, 0.29) is 17.6 Å². The van der Waals surface area contributed by atoms with E-state index in [1.807, 2.05) is 0 Å². The third-order valence-corrected chi connectivity index (χ3v) is 3.45. The minimum atomic E-state index is -0.903. The zero-order valence-electron chi connectivity index (χ0n) is 11.4. The van der Waals surface area contributed by atoms with Gasteiger partial charge >= 0.3 is 5.97 Å². The maximum absolute atomic E-state index is 12.4. The number of carbonyl (C=O) groups is 2. The quantitative estimate of drug-likeness (QED) is 0.776. The van der Waals surface area contributed by atoms with Crippen LogP contribution < -0.4 is 0 Å². The highest BCUT2D eigenvalue weighted by Crippen LogP contribution is 2.31. The van der Waals surface area contributed by atoms with Gasteiger partial charge in [0.15, 0.2) is 5.69 Å². The fraction of sp³-hybridized carbons (Fsp3) is 0.615. The minimum Gasteiger partial charge on any atom is -0.464 e. The first-order valence-electron chi connectivity index (χ1n) is 6.41. The van der Waals surface area contributed by atoms with Gasteiger partial charge in [-0.1, -0.05) is 5.16 Å². The summed E-state index contributed by atoms with van der Waals surface area (Å²) < 4.78 is 9.98. The second-order valence-corrected chi connectivity index (χ2v) is 4.88. The lowest BCUT2D eigenvalue weighted by Gasteiger charge is -2.32. The standard InChI is InChI=1S/C13H18N2O4/c1-4-18-12(17)13(3)6-5-7-15(13)11(16)10-8-9(2)19-14-10/h8H,4-7H2,1-3H3. The van der Waals surface area contributed by atoms with Crippen LogP contribution in [0.4, 0.5) is 0 Å². The van der Waals surface area contributed by atoms with Gasteiger partial charge in [0.05, 0.1) is 6.61 Å². The van der Waals surface area contributed by atoms with Gasteiger partial charge in [0.1, 0.15) is 11.3 Å². The molecule has 6 nitrogen and oxygen atoms in total. The number of nitrogens with zero attached hydrogens (tertiary/aromatic N) is 2. The van der Waals surface area contributed by atoms with E-state index in [0.29, 0.717) is 25.3 Å². The van der Waals surface area contributed by atoms with Crippen LogP contribution >= 0.6 is 0 Å². The maximum Gasteiger partial charge on any atom is 0.331 e. The minimum absolute atomic E-state index is 0.231. The molecule has 1 atom stereocenters. The first kappa shape index (κ1) is 13.6. The molecule has 1 saturated heterocycles. The number of esters is 1. The second-order valence-electron chi connectivity index (χ2n) is 4.88. The van der Waals surface area contributed by atoms with Crippen LogP contribution in [0.5, 0.6) is 0 Å². The Labute approximate surface area is 111 Å². The predicted molar refractivity (Wildman–Crippen MR) is 66.5 cm³/mol. The number of ether oxygens (including phenoxy) is 1. The average molecular weight is 266 g/mol. The number of aromatic nitrogens is 1. The maximum atomic E-state index is 12.4. The molecule has 19 heavy (non-hydrogen) atoms. The Hall–Kier alpha value is -1.85. The van der Waals surface area contributed by atoms with Gasteiger partial charge in [0.25, 0.3) is 5.91 Å². The molecule has 0 aliphatic carbocycles. The Morgan fingerprint density at radius 3 is 2.89 bits per heavy atom. The summed E-state index contributed by atoms with van der Waals surface area (Å²) in [5.41, 5.74) is -0.671. The van der Waals surface area contributed by atoms with E-state index in [2.05, 4.69) is 5.16 Å². The van der Waals surface area contributed by atoms with Crippen LogP contribution in [-0.2, 0) is 9.53 Å². The van der Waals surface area contributed by atoms with Crippen LogP contribution in [0.25, 0.3) is 0 Å². The fourth-order valence-corrected chi connectivity index (χ4v) is 2.39. The Bertz CT molecular complexity index is 497. The van der Waals surface area contributed by atoms with Crippen LogP contribution in [0, 0.1) is 6.92 Å². The molecule has 6 heteroatoms. The molecule has 2 heterocycles. The molecule has 0 N–H and O–H groups in total. The number of aryl methyl sites for hydroxylation is 1. The second kappa shape index (κ2) is 5.03. The summed E-state index contributed by atoms with van der Waals surface area (Å²) in [6.45, 7) is 6.05. The Balaban J connectivity index is 2.23. The number of likely N-dealkylation sites (tertiary alicyclic amines) is 1. The van der Waals surface area contributed by atoms with Crippen LogP contribution in [0.15, 0.2) is 10.6 Å². The smallest absolute Gasteiger partial charge is 0.331 e. The average Bonchev–Trinajstić information content (AvgIpc) is 2.96. The highest BCUT2D eigenvalue weighted by atomic mass is 16.5. The molecule has 0 bridgehead atoms. The van der Waals surface area contributed by atoms with E-state index in [0.717, 1.165) is 6.42 Å². The van der Waals surface area contributed by atoms with E-state index in [1.54, 1.807) is 26.8 Å². The molecule has 1 aliphatic rings. The van der Waals surface area contributed by atoms with Crippen LogP contribution in [0.1, 0.15) is 42.9 Å². The van der Waals surface area contributed by atoms with Crippen molar-refractivity contribution in [1.29, 1.82) is 0 Å². The van der Waals surface area contributed by atoms with Gasteiger partial charge in [0, 0.05) is 12.6 Å². The van der Waals surface area contributed by atoms with Gasteiger partial charge in [-0.05, 0) is 33.6 Å². The lowest BCUT2D eigenvalue weighted by Crippen LogP contribution is -2.51. The van der Waals surface area contributed by atoms with Gasteiger partial charge < -0.3 is 14.2 Å². The third kappa shape index (κ3) is 2.34. The summed E-state index contributed by atoms with van der Waals surface area (Å²) in [5.74, 6) is -0.0774. The summed E-state index contributed by atoms with van der Waals surface area (Å²) in [6, 6.07) is 1.58. The van der Waals surface area contributed by atoms with Crippen molar-refractivity contribution < 1.29 is 18.8 Å². The van der Waals surface area contributed by atoms with Crippen molar-refractivity contribution in [2.75, 3.05) is 13.2 Å². The summed E-state index contributed by atoms with van der Waals surface area (Å²) in [6.07, 6.45) is 1.38. The molecule has 0 spiro atoms. The summed E-state index contributed by atoms with van der Waals surface area (Å²) in [5, 5.41) is 3.71. The molecule has 1 aromatic rings. The van der Waals surface area contributed by atoms with Crippen molar-refractivity contribution in [2.45, 2.75) is 39.2 Å². The number of carbonyl (C=O) groups excluding carboxylic acids is 2. The van der Waals surface area contributed by atoms with Gasteiger partial charge in [-0.2, -0.15) is 0 Å². The monoisotopic (exact) mass is 266 g/mol. The van der Waals surface area contributed by atoms with E-state index in [4.69, 9.17) is 9.26 Å². The van der Waals surface area contributed by atoms with Gasteiger partial charge in [-0.25, -0.2) is 4.79 Å². The highest BCUT2D eigenvalue weighted by molar-refractivity contribution is 5.97. The molecular formula is C13H18N2O4. The number of amides is 1. The van der Waals surface area contributed by atoms with E-state index < -0.39 is 5.54 Å². The van der Waals surface area contributed by atoms with Crippen molar-refractivity contribution in [1.82, 2.24) is 10.1 Å². The number of hydrogen-bond acceptors (Lipinski definition) is 5. The molecule has 2 rings (SSSR count). The first-order valence-corrected chi connectivity index (χ1v) is 6.41. The van der Waals surface area contributed by atoms with Gasteiger partial charge in [0.2, 0.25) is 0 Å². The summed E-state index contributed by atoms with van der Waals surface area (Å²) in [7, 11) is 0. The number of hydrogen-bond donors (Lipinski definition) is 0. The lowest BCUT2D eigenvalue weighted by atomic mass is 9.99. The van der Waals surface area contributed by atoms with Crippen molar-refractivity contribution in [3.8, 4) is 0 Å². The third-order valence-electron chi connectivity index (χ3n) is 3.45. The Morgan fingerprint density at radius 2 is 2.32 bits per heavy atom. The predicted octanol–water partition coefficient (Wildman–Crippen LogP) is 1.54. The van der Waals surface area contributed by atoms with E-state index >= 15 is 0 Å². The summed E-state index contributed by atoms with van der Waals surface area (Å²) in [4.78, 5) is 26.0. The first-order chi connectivity index (χ1) is 8.99. The molecule has 1 aromatic heterocycles. The number of rotatable bonds is 3. The highest BCUT2D eigenvalue weighted by Gasteiger charge is 2.47. The van der Waals surface area contributed by atoms with Crippen molar-refractivity contribution in [3.63, 3.8) is 0 Å². The molecular weight excluding hydrogens is 248 g/mol. The summed E-state index contributed by atoms with van der Waals surface area (Å²) >= 11 is 0. The van der Waals surface area contributed by atoms with E-state index in [1.165, 1.54) is 4.90 Å².